The molecule has 1 amide bonds. The topological polar surface area (TPSA) is 69.6 Å². The zero-order chi connectivity index (χ0) is 16.5. The van der Waals surface area contributed by atoms with Gasteiger partial charge < -0.3 is 10.4 Å². The first kappa shape index (κ1) is 19.7. The molecule has 1 atom stereocenters. The molecule has 0 aromatic rings. The third-order valence-electron chi connectivity index (χ3n) is 2.78. The molecule has 0 bridgehead atoms. The molecule has 0 aliphatic carbocycles. The molecule has 5 nitrogen and oxygen atoms in total. The van der Waals surface area contributed by atoms with Crippen molar-refractivity contribution < 1.29 is 27.9 Å². The second kappa shape index (κ2) is 9.59. The Hall–Kier alpha value is -1.31. The lowest BCUT2D eigenvalue weighted by atomic mass is 10.1. The molecule has 0 rings (SSSR count). The number of carboxylic acid groups (broad SMARTS) is 1. The number of nitrogens with zero attached hydrogens (tertiary/aromatic N) is 1. The van der Waals surface area contributed by atoms with Crippen LogP contribution in [0, 0.1) is 0 Å². The molecule has 0 aliphatic heterocycles. The number of rotatable bonds is 10. The minimum absolute atomic E-state index is 0.137. The molecule has 21 heavy (non-hydrogen) atoms. The van der Waals surface area contributed by atoms with Gasteiger partial charge in [0, 0.05) is 6.04 Å². The van der Waals surface area contributed by atoms with Crippen molar-refractivity contribution in [2.45, 2.75) is 51.7 Å². The summed E-state index contributed by atoms with van der Waals surface area (Å²) in [4.78, 5) is 22.7. The molecule has 8 heteroatoms. The predicted molar refractivity (Wildman–Crippen MR) is 71.9 cm³/mol. The summed E-state index contributed by atoms with van der Waals surface area (Å²) in [6, 6.07) is -0.137. The molecular formula is C13H23F3N2O3. The summed E-state index contributed by atoms with van der Waals surface area (Å²) in [6.07, 6.45) is -0.794. The second-order valence-electron chi connectivity index (χ2n) is 5.12. The lowest BCUT2D eigenvalue weighted by Crippen LogP contribution is -2.45. The smallest absolute Gasteiger partial charge is 0.401 e. The molecule has 124 valence electrons. The van der Waals surface area contributed by atoms with Crippen LogP contribution in [0.15, 0.2) is 0 Å². The SMILES string of the molecule is CCCCCC(C)NC(=O)CN(CC(=O)O)CC(F)(F)F. The molecular weight excluding hydrogens is 289 g/mol. The quantitative estimate of drug-likeness (QED) is 0.606. The van der Waals surface area contributed by atoms with Crippen LogP contribution < -0.4 is 5.32 Å². The van der Waals surface area contributed by atoms with Crippen LogP contribution in [-0.2, 0) is 9.59 Å². The van der Waals surface area contributed by atoms with Gasteiger partial charge >= 0.3 is 12.1 Å². The fourth-order valence-corrected chi connectivity index (χ4v) is 1.91. The highest BCUT2D eigenvalue weighted by Crippen LogP contribution is 2.16. The van der Waals surface area contributed by atoms with E-state index in [0.717, 1.165) is 25.7 Å². The van der Waals surface area contributed by atoms with E-state index in [9.17, 15) is 22.8 Å². The van der Waals surface area contributed by atoms with Crippen molar-refractivity contribution >= 4 is 11.9 Å². The van der Waals surface area contributed by atoms with E-state index < -0.39 is 37.7 Å². The third kappa shape index (κ3) is 12.2. The lowest BCUT2D eigenvalue weighted by molar-refractivity contribution is -0.155. The van der Waals surface area contributed by atoms with Crippen molar-refractivity contribution in [2.24, 2.45) is 0 Å². The molecule has 1 unspecified atom stereocenters. The highest BCUT2D eigenvalue weighted by molar-refractivity contribution is 5.79. The molecule has 0 radical (unpaired) electrons. The van der Waals surface area contributed by atoms with Crippen LogP contribution in [0.2, 0.25) is 0 Å². The van der Waals surface area contributed by atoms with Gasteiger partial charge in [-0.3, -0.25) is 14.5 Å². The number of amides is 1. The Labute approximate surface area is 122 Å². The van der Waals surface area contributed by atoms with Crippen molar-refractivity contribution in [3.05, 3.63) is 0 Å². The minimum Gasteiger partial charge on any atom is -0.480 e. The van der Waals surface area contributed by atoms with E-state index >= 15 is 0 Å². The number of carbonyl (C=O) groups is 2. The van der Waals surface area contributed by atoms with Crippen LogP contribution in [0.1, 0.15) is 39.5 Å². The minimum atomic E-state index is -4.54. The number of aliphatic carboxylic acids is 1. The average Bonchev–Trinajstić information content (AvgIpc) is 2.25. The Balaban J connectivity index is 4.29. The molecule has 0 aliphatic rings. The Morgan fingerprint density at radius 1 is 1.24 bits per heavy atom. The third-order valence-corrected chi connectivity index (χ3v) is 2.78. The number of nitrogens with one attached hydrogen (secondary N) is 1. The number of hydrogen-bond donors (Lipinski definition) is 2. The molecule has 0 aromatic carbocycles. The van der Waals surface area contributed by atoms with E-state index in [4.69, 9.17) is 5.11 Å². The van der Waals surface area contributed by atoms with Gasteiger partial charge in [-0.15, -0.1) is 0 Å². The summed E-state index contributed by atoms with van der Waals surface area (Å²) < 4.78 is 36.9. The fourth-order valence-electron chi connectivity index (χ4n) is 1.91. The Bertz CT molecular complexity index is 335. The van der Waals surface area contributed by atoms with E-state index in [-0.39, 0.29) is 6.04 Å². The summed E-state index contributed by atoms with van der Waals surface area (Å²) in [5, 5.41) is 11.2. The molecule has 0 fully saturated rings. The molecule has 0 saturated carbocycles. The second-order valence-corrected chi connectivity index (χ2v) is 5.12. The molecule has 0 spiro atoms. The Morgan fingerprint density at radius 3 is 2.33 bits per heavy atom. The summed E-state index contributed by atoms with van der Waals surface area (Å²) in [5.74, 6) is -1.99. The van der Waals surface area contributed by atoms with Crippen molar-refractivity contribution in [1.29, 1.82) is 0 Å². The number of carbonyl (C=O) groups excluding carboxylic acids is 1. The van der Waals surface area contributed by atoms with E-state index in [1.165, 1.54) is 0 Å². The van der Waals surface area contributed by atoms with Crippen LogP contribution >= 0.6 is 0 Å². The zero-order valence-electron chi connectivity index (χ0n) is 12.4. The summed E-state index contributed by atoms with van der Waals surface area (Å²) in [7, 11) is 0. The summed E-state index contributed by atoms with van der Waals surface area (Å²) >= 11 is 0. The first-order chi connectivity index (χ1) is 9.64. The number of halogens is 3. The van der Waals surface area contributed by atoms with Crippen LogP contribution in [-0.4, -0.2) is 53.7 Å². The van der Waals surface area contributed by atoms with Gasteiger partial charge in [-0.05, 0) is 13.3 Å². The van der Waals surface area contributed by atoms with Crippen molar-refractivity contribution in [3.63, 3.8) is 0 Å². The van der Waals surface area contributed by atoms with Gasteiger partial charge in [-0.2, -0.15) is 13.2 Å². The molecule has 0 aromatic heterocycles. The van der Waals surface area contributed by atoms with E-state index in [0.29, 0.717) is 4.90 Å². The van der Waals surface area contributed by atoms with Crippen molar-refractivity contribution in [1.82, 2.24) is 10.2 Å². The largest absolute Gasteiger partial charge is 0.480 e. The number of unbranched alkanes of at least 4 members (excludes halogenated alkanes) is 2. The van der Waals surface area contributed by atoms with E-state index in [1.807, 2.05) is 6.92 Å². The van der Waals surface area contributed by atoms with E-state index in [1.54, 1.807) is 6.92 Å². The standard InChI is InChI=1S/C13H23F3N2O3/c1-3-4-5-6-10(2)17-11(19)7-18(8-12(20)21)9-13(14,15)16/h10H,3-9H2,1-2H3,(H,17,19)(H,20,21). The van der Waals surface area contributed by atoms with Crippen molar-refractivity contribution in [2.75, 3.05) is 19.6 Å². The van der Waals surface area contributed by atoms with E-state index in [2.05, 4.69) is 5.32 Å². The Morgan fingerprint density at radius 2 is 1.86 bits per heavy atom. The van der Waals surface area contributed by atoms with Gasteiger partial charge in [-0.1, -0.05) is 26.2 Å². The highest BCUT2D eigenvalue weighted by Gasteiger charge is 2.32. The number of hydrogen-bond acceptors (Lipinski definition) is 3. The van der Waals surface area contributed by atoms with Crippen LogP contribution in [0.3, 0.4) is 0 Å². The predicted octanol–water partition coefficient (Wildman–Crippen LogP) is 2.02. The normalized spacial score (nSPS) is 13.2. The summed E-state index contributed by atoms with van der Waals surface area (Å²) in [6.45, 7) is 1.00. The maximum atomic E-state index is 12.3. The molecule has 0 heterocycles. The van der Waals surface area contributed by atoms with Gasteiger partial charge in [0.15, 0.2) is 0 Å². The maximum Gasteiger partial charge on any atom is 0.401 e. The first-order valence-corrected chi connectivity index (χ1v) is 6.94. The van der Waals surface area contributed by atoms with Gasteiger partial charge in [0.05, 0.1) is 19.6 Å². The average molecular weight is 312 g/mol. The summed E-state index contributed by atoms with van der Waals surface area (Å²) in [5.41, 5.74) is 0. The maximum absolute atomic E-state index is 12.3. The number of carboxylic acids is 1. The van der Waals surface area contributed by atoms with Gasteiger partial charge in [0.25, 0.3) is 0 Å². The molecule has 2 N–H and O–H groups in total. The highest BCUT2D eigenvalue weighted by atomic mass is 19.4. The fraction of sp³-hybridized carbons (Fsp3) is 0.846. The van der Waals surface area contributed by atoms with Crippen LogP contribution in [0.5, 0.6) is 0 Å². The monoisotopic (exact) mass is 312 g/mol. The van der Waals surface area contributed by atoms with Crippen LogP contribution in [0.4, 0.5) is 13.2 Å². The Kier molecular flexibility index (Phi) is 9.00. The molecule has 0 saturated heterocycles. The first-order valence-electron chi connectivity index (χ1n) is 6.94. The van der Waals surface area contributed by atoms with Gasteiger partial charge in [-0.25, -0.2) is 0 Å². The van der Waals surface area contributed by atoms with Gasteiger partial charge in [0.2, 0.25) is 5.91 Å². The lowest BCUT2D eigenvalue weighted by Gasteiger charge is -2.22. The zero-order valence-corrected chi connectivity index (χ0v) is 12.4. The number of alkyl halides is 3. The van der Waals surface area contributed by atoms with Crippen LogP contribution in [0.25, 0.3) is 0 Å². The van der Waals surface area contributed by atoms with Crippen molar-refractivity contribution in [3.8, 4) is 0 Å². The van der Waals surface area contributed by atoms with Gasteiger partial charge in [0.1, 0.15) is 0 Å².